The zero-order valence-corrected chi connectivity index (χ0v) is 12.5. The second-order valence-electron chi connectivity index (χ2n) is 6.07. The molecule has 0 aromatic heterocycles. The molecule has 2 saturated heterocycles. The number of rotatable bonds is 3. The quantitative estimate of drug-likeness (QED) is 0.632. The maximum absolute atomic E-state index is 12.8. The van der Waals surface area contributed by atoms with Gasteiger partial charge < -0.3 is 9.47 Å². The summed E-state index contributed by atoms with van der Waals surface area (Å²) < 4.78 is 11.2. The zero-order valence-electron chi connectivity index (χ0n) is 12.5. The standard InChI is InChI=1S/C17H17NO4/c1-3-21-11-6-4-10(5-7-11)18-15(19)13-12-8-9-17(2,22-12)14(13)16(18)20/h4-9,12-14H,3H2,1-2H3/t12-,13-,14+,17-/m1/s1. The van der Waals surface area contributed by atoms with E-state index in [1.54, 1.807) is 24.3 Å². The van der Waals surface area contributed by atoms with E-state index in [0.717, 1.165) is 5.75 Å². The number of carbonyl (C=O) groups is 2. The maximum atomic E-state index is 12.8. The van der Waals surface area contributed by atoms with Crippen LogP contribution < -0.4 is 9.64 Å². The number of nitrogens with zero attached hydrogens (tertiary/aromatic N) is 1. The second-order valence-corrected chi connectivity index (χ2v) is 6.07. The van der Waals surface area contributed by atoms with E-state index >= 15 is 0 Å². The molecule has 5 heteroatoms. The lowest BCUT2D eigenvalue weighted by Crippen LogP contribution is -2.38. The minimum Gasteiger partial charge on any atom is -0.494 e. The zero-order chi connectivity index (χ0) is 15.5. The number of carbonyl (C=O) groups excluding carboxylic acids is 2. The fourth-order valence-electron chi connectivity index (χ4n) is 3.77. The number of hydrogen-bond acceptors (Lipinski definition) is 4. The highest BCUT2D eigenvalue weighted by atomic mass is 16.5. The molecule has 2 amide bonds. The number of fused-ring (bicyclic) bond motifs is 5. The summed E-state index contributed by atoms with van der Waals surface area (Å²) in [6, 6.07) is 7.05. The molecule has 1 aromatic carbocycles. The van der Waals surface area contributed by atoms with Crippen LogP contribution in [0.5, 0.6) is 5.75 Å². The van der Waals surface area contributed by atoms with Gasteiger partial charge in [0.05, 0.1) is 35.8 Å². The number of amides is 2. The van der Waals surface area contributed by atoms with Gasteiger partial charge in [-0.05, 0) is 38.1 Å². The van der Waals surface area contributed by atoms with Gasteiger partial charge in [-0.1, -0.05) is 12.2 Å². The lowest BCUT2D eigenvalue weighted by atomic mass is 9.78. The first-order valence-corrected chi connectivity index (χ1v) is 7.53. The highest BCUT2D eigenvalue weighted by Crippen LogP contribution is 2.52. The molecule has 0 radical (unpaired) electrons. The molecule has 0 unspecified atom stereocenters. The summed E-state index contributed by atoms with van der Waals surface area (Å²) in [6.45, 7) is 4.36. The van der Waals surface area contributed by atoms with Crippen LogP contribution in [0.2, 0.25) is 0 Å². The molecule has 0 N–H and O–H groups in total. The first-order chi connectivity index (χ1) is 10.5. The number of benzene rings is 1. The Hall–Kier alpha value is -2.14. The molecule has 4 atom stereocenters. The fourth-order valence-corrected chi connectivity index (χ4v) is 3.77. The van der Waals surface area contributed by atoms with E-state index in [2.05, 4.69) is 0 Å². The van der Waals surface area contributed by atoms with Gasteiger partial charge in [0.2, 0.25) is 11.8 Å². The number of hydrogen-bond donors (Lipinski definition) is 0. The van der Waals surface area contributed by atoms with Crippen molar-refractivity contribution in [3.8, 4) is 5.75 Å². The Labute approximate surface area is 128 Å². The van der Waals surface area contributed by atoms with E-state index < -0.39 is 17.4 Å². The first-order valence-electron chi connectivity index (χ1n) is 7.53. The van der Waals surface area contributed by atoms with Crippen LogP contribution in [0.15, 0.2) is 36.4 Å². The molecular formula is C17H17NO4. The summed E-state index contributed by atoms with van der Waals surface area (Å²) in [7, 11) is 0. The third-order valence-electron chi connectivity index (χ3n) is 4.74. The predicted molar refractivity (Wildman–Crippen MR) is 79.5 cm³/mol. The lowest BCUT2D eigenvalue weighted by Gasteiger charge is -2.24. The van der Waals surface area contributed by atoms with Crippen LogP contribution in [0.25, 0.3) is 0 Å². The van der Waals surface area contributed by atoms with Gasteiger partial charge in [0.25, 0.3) is 0 Å². The highest BCUT2D eigenvalue weighted by molar-refractivity contribution is 6.23. The molecule has 3 aliphatic rings. The SMILES string of the molecule is CCOc1ccc(N2C(=O)[C@H]3[C@@H](C2=O)[C@@]2(C)C=C[C@H]3O2)cc1. The van der Waals surface area contributed by atoms with E-state index in [-0.39, 0.29) is 17.9 Å². The van der Waals surface area contributed by atoms with E-state index in [1.807, 2.05) is 26.0 Å². The van der Waals surface area contributed by atoms with E-state index in [9.17, 15) is 9.59 Å². The van der Waals surface area contributed by atoms with Crippen molar-refractivity contribution >= 4 is 17.5 Å². The Morgan fingerprint density at radius 1 is 1.23 bits per heavy atom. The lowest BCUT2D eigenvalue weighted by molar-refractivity contribution is -0.126. The van der Waals surface area contributed by atoms with Crippen molar-refractivity contribution in [2.45, 2.75) is 25.6 Å². The van der Waals surface area contributed by atoms with Crippen LogP contribution in [0.4, 0.5) is 5.69 Å². The molecule has 2 fully saturated rings. The topological polar surface area (TPSA) is 55.8 Å². The summed E-state index contributed by atoms with van der Waals surface area (Å²) in [5.74, 6) is -0.427. The first kappa shape index (κ1) is 13.5. The Bertz CT molecular complexity index is 680. The van der Waals surface area contributed by atoms with Crippen molar-refractivity contribution in [1.29, 1.82) is 0 Å². The van der Waals surface area contributed by atoms with Crippen molar-refractivity contribution in [2.75, 3.05) is 11.5 Å². The minimum atomic E-state index is -0.651. The van der Waals surface area contributed by atoms with Crippen molar-refractivity contribution in [3.63, 3.8) is 0 Å². The molecule has 114 valence electrons. The molecule has 22 heavy (non-hydrogen) atoms. The fraction of sp³-hybridized carbons (Fsp3) is 0.412. The Balaban J connectivity index is 1.67. The van der Waals surface area contributed by atoms with Crippen LogP contribution >= 0.6 is 0 Å². The molecule has 5 nitrogen and oxygen atoms in total. The molecule has 4 rings (SSSR count). The highest BCUT2D eigenvalue weighted by Gasteiger charge is 2.65. The van der Waals surface area contributed by atoms with Gasteiger partial charge in [0, 0.05) is 0 Å². The monoisotopic (exact) mass is 299 g/mol. The molecule has 2 bridgehead atoms. The summed E-state index contributed by atoms with van der Waals surface area (Å²) in [5, 5.41) is 0. The normalized spacial score (nSPS) is 35.4. The average molecular weight is 299 g/mol. The molecule has 0 aliphatic carbocycles. The van der Waals surface area contributed by atoms with E-state index in [4.69, 9.17) is 9.47 Å². The summed E-state index contributed by atoms with van der Waals surface area (Å²) in [5.41, 5.74) is -0.0573. The largest absolute Gasteiger partial charge is 0.494 e. The van der Waals surface area contributed by atoms with Crippen LogP contribution in [0.1, 0.15) is 13.8 Å². The van der Waals surface area contributed by atoms with Gasteiger partial charge in [0.1, 0.15) is 5.75 Å². The summed E-state index contributed by atoms with van der Waals surface area (Å²) in [6.07, 6.45) is 3.53. The number of imide groups is 1. The Morgan fingerprint density at radius 3 is 2.59 bits per heavy atom. The number of anilines is 1. The van der Waals surface area contributed by atoms with Gasteiger partial charge in [0.15, 0.2) is 0 Å². The van der Waals surface area contributed by atoms with Crippen LogP contribution in [0.3, 0.4) is 0 Å². The third-order valence-corrected chi connectivity index (χ3v) is 4.74. The van der Waals surface area contributed by atoms with Gasteiger partial charge in [-0.15, -0.1) is 0 Å². The Morgan fingerprint density at radius 2 is 1.95 bits per heavy atom. The van der Waals surface area contributed by atoms with Crippen molar-refractivity contribution < 1.29 is 19.1 Å². The van der Waals surface area contributed by atoms with Crippen molar-refractivity contribution in [2.24, 2.45) is 11.8 Å². The molecule has 0 saturated carbocycles. The van der Waals surface area contributed by atoms with Crippen LogP contribution in [-0.4, -0.2) is 30.1 Å². The van der Waals surface area contributed by atoms with Crippen molar-refractivity contribution in [3.05, 3.63) is 36.4 Å². The Kier molecular flexibility index (Phi) is 2.72. The second kappa shape index (κ2) is 4.43. The summed E-state index contributed by atoms with van der Waals surface area (Å²) in [4.78, 5) is 26.8. The van der Waals surface area contributed by atoms with E-state index in [1.165, 1.54) is 4.90 Å². The van der Waals surface area contributed by atoms with Gasteiger partial charge in [-0.3, -0.25) is 9.59 Å². The number of ether oxygens (including phenoxy) is 2. The third kappa shape index (κ3) is 1.63. The van der Waals surface area contributed by atoms with Crippen LogP contribution in [0, 0.1) is 11.8 Å². The van der Waals surface area contributed by atoms with Crippen LogP contribution in [-0.2, 0) is 14.3 Å². The molecule has 3 aliphatic heterocycles. The molecule has 1 aromatic rings. The molecule has 0 spiro atoms. The van der Waals surface area contributed by atoms with E-state index in [0.29, 0.717) is 12.3 Å². The molecule has 3 heterocycles. The van der Waals surface area contributed by atoms with Crippen molar-refractivity contribution in [1.82, 2.24) is 0 Å². The predicted octanol–water partition coefficient (Wildman–Crippen LogP) is 1.92. The smallest absolute Gasteiger partial charge is 0.241 e. The average Bonchev–Trinajstić information content (AvgIpc) is 3.10. The van der Waals surface area contributed by atoms with Gasteiger partial charge in [-0.25, -0.2) is 4.90 Å². The van der Waals surface area contributed by atoms with Gasteiger partial charge in [-0.2, -0.15) is 0 Å². The maximum Gasteiger partial charge on any atom is 0.241 e. The molecular weight excluding hydrogens is 282 g/mol. The summed E-state index contributed by atoms with van der Waals surface area (Å²) >= 11 is 0. The minimum absolute atomic E-state index is 0.169. The van der Waals surface area contributed by atoms with Gasteiger partial charge >= 0.3 is 0 Å².